The minimum atomic E-state index is -0.165. The lowest BCUT2D eigenvalue weighted by Crippen LogP contribution is -2.07. The Bertz CT molecular complexity index is 705. The van der Waals surface area contributed by atoms with E-state index in [1.54, 1.807) is 37.5 Å². The van der Waals surface area contributed by atoms with Gasteiger partial charge < -0.3 is 14.8 Å². The Hall–Kier alpha value is -2.75. The molecule has 2 aromatic rings. The standard InChI is InChI=1S/C18H17NO3/c1-21-16-6-4-15(5-7-16)19-18(20)9-3-13-2-8-17-14(12-13)10-11-22-17/h2-9,12H,10-11H2,1H3,(H,19,20)/b9-3+. The molecular formula is C18H17NO3. The molecular weight excluding hydrogens is 278 g/mol. The van der Waals surface area contributed by atoms with Crippen LogP contribution in [0.2, 0.25) is 0 Å². The van der Waals surface area contributed by atoms with Gasteiger partial charge in [-0.3, -0.25) is 4.79 Å². The zero-order valence-electron chi connectivity index (χ0n) is 12.3. The molecule has 1 N–H and O–H groups in total. The van der Waals surface area contributed by atoms with Crippen LogP contribution in [0.4, 0.5) is 5.69 Å². The molecule has 1 aliphatic heterocycles. The van der Waals surface area contributed by atoms with Crippen molar-refractivity contribution >= 4 is 17.7 Å². The van der Waals surface area contributed by atoms with Crippen LogP contribution in [0.1, 0.15) is 11.1 Å². The van der Waals surface area contributed by atoms with Gasteiger partial charge in [0.05, 0.1) is 13.7 Å². The molecule has 0 saturated carbocycles. The molecule has 0 saturated heterocycles. The van der Waals surface area contributed by atoms with Crippen LogP contribution in [0.25, 0.3) is 6.08 Å². The Labute approximate surface area is 129 Å². The molecule has 0 atom stereocenters. The molecule has 0 bridgehead atoms. The van der Waals surface area contributed by atoms with E-state index in [4.69, 9.17) is 9.47 Å². The van der Waals surface area contributed by atoms with Crippen LogP contribution < -0.4 is 14.8 Å². The van der Waals surface area contributed by atoms with E-state index < -0.39 is 0 Å². The first-order valence-electron chi connectivity index (χ1n) is 7.13. The maximum atomic E-state index is 11.9. The van der Waals surface area contributed by atoms with Crippen molar-refractivity contribution in [1.82, 2.24) is 0 Å². The fourth-order valence-corrected chi connectivity index (χ4v) is 2.34. The first kappa shape index (κ1) is 14.2. The summed E-state index contributed by atoms with van der Waals surface area (Å²) in [4.78, 5) is 11.9. The average Bonchev–Trinajstić information content (AvgIpc) is 3.01. The third kappa shape index (κ3) is 3.28. The maximum absolute atomic E-state index is 11.9. The number of carbonyl (C=O) groups excluding carboxylic acids is 1. The van der Waals surface area contributed by atoms with Gasteiger partial charge in [-0.15, -0.1) is 0 Å². The van der Waals surface area contributed by atoms with E-state index in [9.17, 15) is 4.79 Å². The van der Waals surface area contributed by atoms with Crippen LogP contribution >= 0.6 is 0 Å². The second-order valence-corrected chi connectivity index (χ2v) is 5.02. The summed E-state index contributed by atoms with van der Waals surface area (Å²) in [7, 11) is 1.61. The molecule has 4 nitrogen and oxygen atoms in total. The predicted octanol–water partition coefficient (Wildman–Crippen LogP) is 3.28. The van der Waals surface area contributed by atoms with Crippen molar-refractivity contribution in [2.45, 2.75) is 6.42 Å². The van der Waals surface area contributed by atoms with Gasteiger partial charge in [-0.2, -0.15) is 0 Å². The van der Waals surface area contributed by atoms with Gasteiger partial charge in [0.25, 0.3) is 0 Å². The SMILES string of the molecule is COc1ccc(NC(=O)/C=C/c2ccc3c(c2)CCO3)cc1. The molecule has 0 unspecified atom stereocenters. The minimum absolute atomic E-state index is 0.165. The number of carbonyl (C=O) groups is 1. The highest BCUT2D eigenvalue weighted by atomic mass is 16.5. The Kier molecular flexibility index (Phi) is 4.10. The molecule has 22 heavy (non-hydrogen) atoms. The van der Waals surface area contributed by atoms with Crippen molar-refractivity contribution in [1.29, 1.82) is 0 Å². The number of amides is 1. The molecule has 4 heteroatoms. The predicted molar refractivity (Wildman–Crippen MR) is 86.3 cm³/mol. The first-order chi connectivity index (χ1) is 10.7. The third-order valence-electron chi connectivity index (χ3n) is 3.50. The zero-order chi connectivity index (χ0) is 15.4. The number of ether oxygens (including phenoxy) is 2. The van der Waals surface area contributed by atoms with Crippen LogP contribution in [-0.2, 0) is 11.2 Å². The molecule has 2 aromatic carbocycles. The molecule has 1 heterocycles. The van der Waals surface area contributed by atoms with Crippen LogP contribution in [0, 0.1) is 0 Å². The molecule has 112 valence electrons. The number of hydrogen-bond acceptors (Lipinski definition) is 3. The molecule has 0 spiro atoms. The molecule has 0 aliphatic carbocycles. The van der Waals surface area contributed by atoms with Crippen LogP contribution in [0.15, 0.2) is 48.5 Å². The van der Waals surface area contributed by atoms with E-state index in [0.717, 1.165) is 35.8 Å². The quantitative estimate of drug-likeness (QED) is 0.881. The largest absolute Gasteiger partial charge is 0.497 e. The second kappa shape index (κ2) is 6.35. The van der Waals surface area contributed by atoms with Crippen molar-refractivity contribution < 1.29 is 14.3 Å². The lowest BCUT2D eigenvalue weighted by molar-refractivity contribution is -0.111. The Morgan fingerprint density at radius 2 is 2.05 bits per heavy atom. The fraction of sp³-hybridized carbons (Fsp3) is 0.167. The summed E-state index contributed by atoms with van der Waals surface area (Å²) in [6.45, 7) is 0.737. The number of rotatable bonds is 4. The highest BCUT2D eigenvalue weighted by Gasteiger charge is 2.11. The summed E-state index contributed by atoms with van der Waals surface area (Å²) in [6, 6.07) is 13.2. The zero-order valence-corrected chi connectivity index (χ0v) is 12.3. The lowest BCUT2D eigenvalue weighted by atomic mass is 10.1. The van der Waals surface area contributed by atoms with Gasteiger partial charge in [0.1, 0.15) is 11.5 Å². The molecule has 0 aromatic heterocycles. The van der Waals surface area contributed by atoms with Crippen molar-refractivity contribution in [3.63, 3.8) is 0 Å². The second-order valence-electron chi connectivity index (χ2n) is 5.02. The van der Waals surface area contributed by atoms with E-state index in [-0.39, 0.29) is 5.91 Å². The van der Waals surface area contributed by atoms with E-state index >= 15 is 0 Å². The van der Waals surface area contributed by atoms with E-state index in [0.29, 0.717) is 0 Å². The Balaban J connectivity index is 1.63. The van der Waals surface area contributed by atoms with Gasteiger partial charge in [-0.1, -0.05) is 6.07 Å². The Morgan fingerprint density at radius 3 is 2.82 bits per heavy atom. The third-order valence-corrected chi connectivity index (χ3v) is 3.50. The fourth-order valence-electron chi connectivity index (χ4n) is 2.34. The number of anilines is 1. The Morgan fingerprint density at radius 1 is 1.23 bits per heavy atom. The van der Waals surface area contributed by atoms with Crippen molar-refractivity contribution in [3.8, 4) is 11.5 Å². The van der Waals surface area contributed by atoms with Gasteiger partial charge in [0, 0.05) is 18.2 Å². The van der Waals surface area contributed by atoms with Gasteiger partial charge in [-0.05, 0) is 53.6 Å². The number of nitrogens with one attached hydrogen (secondary N) is 1. The van der Waals surface area contributed by atoms with E-state index in [1.807, 2.05) is 12.1 Å². The van der Waals surface area contributed by atoms with Crippen molar-refractivity contribution in [2.24, 2.45) is 0 Å². The van der Waals surface area contributed by atoms with Gasteiger partial charge >= 0.3 is 0 Å². The summed E-state index contributed by atoms with van der Waals surface area (Å²) >= 11 is 0. The highest BCUT2D eigenvalue weighted by Crippen LogP contribution is 2.26. The number of fused-ring (bicyclic) bond motifs is 1. The van der Waals surface area contributed by atoms with Gasteiger partial charge in [-0.25, -0.2) is 0 Å². The highest BCUT2D eigenvalue weighted by molar-refractivity contribution is 6.01. The summed E-state index contributed by atoms with van der Waals surface area (Å²) in [6.07, 6.45) is 4.26. The first-order valence-corrected chi connectivity index (χ1v) is 7.13. The molecule has 0 fully saturated rings. The van der Waals surface area contributed by atoms with E-state index in [1.165, 1.54) is 11.6 Å². The van der Waals surface area contributed by atoms with Crippen molar-refractivity contribution in [2.75, 3.05) is 19.0 Å². The normalized spacial score (nSPS) is 12.8. The summed E-state index contributed by atoms with van der Waals surface area (Å²) in [5.74, 6) is 1.54. The topological polar surface area (TPSA) is 47.6 Å². The minimum Gasteiger partial charge on any atom is -0.497 e. The summed E-state index contributed by atoms with van der Waals surface area (Å²) in [5.41, 5.74) is 2.92. The van der Waals surface area contributed by atoms with E-state index in [2.05, 4.69) is 11.4 Å². The molecule has 0 radical (unpaired) electrons. The molecule has 3 rings (SSSR count). The van der Waals surface area contributed by atoms with Gasteiger partial charge in [0.15, 0.2) is 0 Å². The van der Waals surface area contributed by atoms with Crippen LogP contribution in [0.3, 0.4) is 0 Å². The lowest BCUT2D eigenvalue weighted by Gasteiger charge is -2.04. The number of methoxy groups -OCH3 is 1. The maximum Gasteiger partial charge on any atom is 0.248 e. The van der Waals surface area contributed by atoms with Crippen LogP contribution in [-0.4, -0.2) is 19.6 Å². The average molecular weight is 295 g/mol. The molecule has 1 aliphatic rings. The van der Waals surface area contributed by atoms with Crippen molar-refractivity contribution in [3.05, 3.63) is 59.7 Å². The summed E-state index contributed by atoms with van der Waals surface area (Å²) < 4.78 is 10.5. The smallest absolute Gasteiger partial charge is 0.248 e. The van der Waals surface area contributed by atoms with Gasteiger partial charge in [0.2, 0.25) is 5.91 Å². The molecule has 1 amide bonds. The monoisotopic (exact) mass is 295 g/mol. The number of hydrogen-bond donors (Lipinski definition) is 1. The summed E-state index contributed by atoms with van der Waals surface area (Å²) in [5, 5.41) is 2.81. The number of benzene rings is 2. The van der Waals surface area contributed by atoms with Crippen LogP contribution in [0.5, 0.6) is 11.5 Å².